The van der Waals surface area contributed by atoms with Crippen molar-refractivity contribution in [2.45, 2.75) is 32.7 Å². The van der Waals surface area contributed by atoms with Gasteiger partial charge in [0.1, 0.15) is 0 Å². The second-order valence-corrected chi connectivity index (χ2v) is 6.86. The minimum Gasteiger partial charge on any atom is -0.379 e. The van der Waals surface area contributed by atoms with E-state index in [2.05, 4.69) is 34.4 Å². The molecule has 1 aliphatic heterocycles. The van der Waals surface area contributed by atoms with Crippen LogP contribution < -0.4 is 10.6 Å². The maximum atomic E-state index is 5.64. The predicted octanol–water partition coefficient (Wildman–Crippen LogP) is 0.935. The van der Waals surface area contributed by atoms with Gasteiger partial charge in [0.2, 0.25) is 0 Å². The Morgan fingerprint density at radius 3 is 2.61 bits per heavy atom. The van der Waals surface area contributed by atoms with E-state index in [4.69, 9.17) is 9.47 Å². The largest absolute Gasteiger partial charge is 0.379 e. The van der Waals surface area contributed by atoms with E-state index in [1.165, 1.54) is 12.8 Å². The van der Waals surface area contributed by atoms with E-state index in [1.54, 1.807) is 0 Å². The molecule has 1 atom stereocenters. The Morgan fingerprint density at radius 1 is 1.26 bits per heavy atom. The molecule has 0 radical (unpaired) electrons. The fraction of sp³-hybridized carbons (Fsp3) is 0.941. The lowest BCUT2D eigenvalue weighted by molar-refractivity contribution is 0.00751. The van der Waals surface area contributed by atoms with Gasteiger partial charge in [-0.1, -0.05) is 13.8 Å². The maximum absolute atomic E-state index is 5.64. The van der Waals surface area contributed by atoms with Crippen molar-refractivity contribution in [2.24, 2.45) is 16.8 Å². The summed E-state index contributed by atoms with van der Waals surface area (Å²) in [6, 6.07) is 0.503. The fourth-order valence-electron chi connectivity index (χ4n) is 2.89. The molecule has 1 unspecified atom stereocenters. The molecule has 1 heterocycles. The van der Waals surface area contributed by atoms with Crippen LogP contribution in [0.25, 0.3) is 0 Å². The summed E-state index contributed by atoms with van der Waals surface area (Å²) in [4.78, 5) is 6.83. The van der Waals surface area contributed by atoms with Gasteiger partial charge >= 0.3 is 0 Å². The van der Waals surface area contributed by atoms with Crippen LogP contribution in [0.1, 0.15) is 26.7 Å². The average Bonchev–Trinajstić information content (AvgIpc) is 3.38. The van der Waals surface area contributed by atoms with Crippen LogP contribution in [0.3, 0.4) is 0 Å². The van der Waals surface area contributed by atoms with E-state index in [9.17, 15) is 0 Å². The molecule has 23 heavy (non-hydrogen) atoms. The van der Waals surface area contributed by atoms with E-state index in [1.807, 2.05) is 7.05 Å². The Morgan fingerprint density at radius 2 is 2.00 bits per heavy atom. The van der Waals surface area contributed by atoms with Crippen LogP contribution in [-0.2, 0) is 9.47 Å². The topological polar surface area (TPSA) is 58.1 Å². The molecule has 2 N–H and O–H groups in total. The minimum absolute atomic E-state index is 0.503. The van der Waals surface area contributed by atoms with Gasteiger partial charge in [-0.15, -0.1) is 0 Å². The van der Waals surface area contributed by atoms with Crippen molar-refractivity contribution in [1.29, 1.82) is 0 Å². The van der Waals surface area contributed by atoms with Gasteiger partial charge in [0, 0.05) is 45.9 Å². The molecule has 2 fully saturated rings. The lowest BCUT2D eigenvalue weighted by atomic mass is 10.0. The molecule has 0 bridgehead atoms. The summed E-state index contributed by atoms with van der Waals surface area (Å²) >= 11 is 0. The zero-order chi connectivity index (χ0) is 16.5. The standard InChI is InChI=1S/C17H34N4O2/c1-14(2)16(21-7-10-22-11-8-21)12-20-17(18-3)19-6-9-23-13-15-4-5-15/h14-16H,4-13H2,1-3H3,(H2,18,19,20). The number of nitrogens with zero attached hydrogens (tertiary/aromatic N) is 2. The summed E-state index contributed by atoms with van der Waals surface area (Å²) in [5.74, 6) is 2.28. The number of morpholine rings is 1. The quantitative estimate of drug-likeness (QED) is 0.375. The molecule has 2 aliphatic rings. The molecule has 1 saturated carbocycles. The third-order valence-electron chi connectivity index (χ3n) is 4.58. The van der Waals surface area contributed by atoms with Crippen LogP contribution in [-0.4, -0.2) is 76.6 Å². The van der Waals surface area contributed by atoms with Crippen molar-refractivity contribution in [1.82, 2.24) is 15.5 Å². The molecule has 0 aromatic rings. The zero-order valence-corrected chi connectivity index (χ0v) is 15.0. The number of guanidine groups is 1. The van der Waals surface area contributed by atoms with E-state index in [-0.39, 0.29) is 0 Å². The van der Waals surface area contributed by atoms with Crippen molar-refractivity contribution in [3.8, 4) is 0 Å². The molecule has 134 valence electrons. The first kappa shape index (κ1) is 18.5. The molecule has 6 nitrogen and oxygen atoms in total. The number of ether oxygens (including phenoxy) is 2. The third kappa shape index (κ3) is 7.06. The molecule has 1 aliphatic carbocycles. The van der Waals surface area contributed by atoms with Gasteiger partial charge in [-0.2, -0.15) is 0 Å². The van der Waals surface area contributed by atoms with Crippen molar-refractivity contribution in [2.75, 3.05) is 59.7 Å². The number of hydrogen-bond acceptors (Lipinski definition) is 4. The monoisotopic (exact) mass is 326 g/mol. The minimum atomic E-state index is 0.503. The third-order valence-corrected chi connectivity index (χ3v) is 4.58. The van der Waals surface area contributed by atoms with Crippen molar-refractivity contribution in [3.63, 3.8) is 0 Å². The van der Waals surface area contributed by atoms with Crippen LogP contribution in [0.15, 0.2) is 4.99 Å². The van der Waals surface area contributed by atoms with Gasteiger partial charge in [-0.25, -0.2) is 0 Å². The van der Waals surface area contributed by atoms with Gasteiger partial charge in [0.05, 0.1) is 19.8 Å². The molecule has 0 spiro atoms. The summed E-state index contributed by atoms with van der Waals surface area (Å²) in [7, 11) is 1.82. The van der Waals surface area contributed by atoms with Crippen LogP contribution >= 0.6 is 0 Å². The molecular weight excluding hydrogens is 292 g/mol. The smallest absolute Gasteiger partial charge is 0.191 e. The SMILES string of the molecule is CN=C(NCCOCC1CC1)NCC(C(C)C)N1CCOCC1. The second-order valence-electron chi connectivity index (χ2n) is 6.86. The lowest BCUT2D eigenvalue weighted by Crippen LogP contribution is -2.52. The highest BCUT2D eigenvalue weighted by atomic mass is 16.5. The Balaban J connectivity index is 1.64. The number of aliphatic imine (C=N–C) groups is 1. The van der Waals surface area contributed by atoms with E-state index in [0.717, 1.165) is 64.5 Å². The Hall–Kier alpha value is -0.850. The zero-order valence-electron chi connectivity index (χ0n) is 15.0. The number of rotatable bonds is 9. The Labute approximate surface area is 141 Å². The van der Waals surface area contributed by atoms with E-state index < -0.39 is 0 Å². The Bertz CT molecular complexity index is 353. The maximum Gasteiger partial charge on any atom is 0.191 e. The number of nitrogens with one attached hydrogen (secondary N) is 2. The van der Waals surface area contributed by atoms with Gasteiger partial charge in [-0.05, 0) is 24.7 Å². The molecule has 0 aromatic heterocycles. The van der Waals surface area contributed by atoms with Crippen molar-refractivity contribution >= 4 is 5.96 Å². The van der Waals surface area contributed by atoms with Crippen LogP contribution in [0.4, 0.5) is 0 Å². The fourth-order valence-corrected chi connectivity index (χ4v) is 2.89. The van der Waals surface area contributed by atoms with Gasteiger partial charge in [0.25, 0.3) is 0 Å². The lowest BCUT2D eigenvalue weighted by Gasteiger charge is -2.37. The summed E-state index contributed by atoms with van der Waals surface area (Å²) in [5, 5.41) is 6.79. The first-order valence-electron chi connectivity index (χ1n) is 9.04. The van der Waals surface area contributed by atoms with Crippen molar-refractivity contribution < 1.29 is 9.47 Å². The van der Waals surface area contributed by atoms with Crippen molar-refractivity contribution in [3.05, 3.63) is 0 Å². The van der Waals surface area contributed by atoms with Gasteiger partial charge in [0.15, 0.2) is 5.96 Å². The molecule has 0 aromatic carbocycles. The summed E-state index contributed by atoms with van der Waals surface area (Å²) in [6.45, 7) is 11.7. The molecule has 6 heteroatoms. The molecule has 0 amide bonds. The average molecular weight is 326 g/mol. The first-order valence-corrected chi connectivity index (χ1v) is 9.04. The highest BCUT2D eigenvalue weighted by molar-refractivity contribution is 5.79. The van der Waals surface area contributed by atoms with E-state index >= 15 is 0 Å². The number of hydrogen-bond donors (Lipinski definition) is 2. The summed E-state index contributed by atoms with van der Waals surface area (Å²) < 4.78 is 11.1. The highest BCUT2D eigenvalue weighted by Gasteiger charge is 2.24. The normalized spacial score (nSPS) is 21.5. The Kier molecular flexibility index (Phi) is 8.12. The molecular formula is C17H34N4O2. The second kappa shape index (κ2) is 10.1. The van der Waals surface area contributed by atoms with Crippen LogP contribution in [0.2, 0.25) is 0 Å². The molecule has 1 saturated heterocycles. The molecule has 2 rings (SSSR count). The highest BCUT2D eigenvalue weighted by Crippen LogP contribution is 2.28. The summed E-state index contributed by atoms with van der Waals surface area (Å²) in [6.07, 6.45) is 2.68. The van der Waals surface area contributed by atoms with Crippen LogP contribution in [0, 0.1) is 11.8 Å². The van der Waals surface area contributed by atoms with Crippen LogP contribution in [0.5, 0.6) is 0 Å². The predicted molar refractivity (Wildman–Crippen MR) is 93.9 cm³/mol. The van der Waals surface area contributed by atoms with E-state index in [0.29, 0.717) is 12.0 Å². The van der Waals surface area contributed by atoms with Gasteiger partial charge < -0.3 is 20.1 Å². The van der Waals surface area contributed by atoms with Gasteiger partial charge in [-0.3, -0.25) is 9.89 Å². The first-order chi connectivity index (χ1) is 11.2. The summed E-state index contributed by atoms with van der Waals surface area (Å²) in [5.41, 5.74) is 0.